The van der Waals surface area contributed by atoms with Gasteiger partial charge < -0.3 is 35.0 Å². The molecular formula is C10H18O7. The van der Waals surface area contributed by atoms with Gasteiger partial charge in [0.15, 0.2) is 6.29 Å². The molecule has 1 aliphatic rings. The Labute approximate surface area is 98.5 Å². The molecule has 0 aromatic heterocycles. The summed E-state index contributed by atoms with van der Waals surface area (Å²) in [6.45, 7) is 3.03. The summed E-state index contributed by atoms with van der Waals surface area (Å²) >= 11 is 0. The van der Waals surface area contributed by atoms with Gasteiger partial charge in [0.2, 0.25) is 0 Å². The van der Waals surface area contributed by atoms with E-state index in [9.17, 15) is 15.3 Å². The molecular weight excluding hydrogens is 232 g/mol. The number of rotatable bonds is 7. The van der Waals surface area contributed by atoms with Gasteiger partial charge >= 0.3 is 0 Å². The van der Waals surface area contributed by atoms with E-state index in [4.69, 9.17) is 19.7 Å². The monoisotopic (exact) mass is 250 g/mol. The molecule has 1 fully saturated rings. The highest BCUT2D eigenvalue weighted by Crippen LogP contribution is 2.18. The maximum atomic E-state index is 9.47. The van der Waals surface area contributed by atoms with Crippen LogP contribution in [0.4, 0.5) is 0 Å². The van der Waals surface area contributed by atoms with Crippen molar-refractivity contribution in [3.8, 4) is 0 Å². The molecule has 5 atom stereocenters. The highest BCUT2D eigenvalue weighted by Gasteiger charge is 2.32. The molecule has 0 radical (unpaired) electrons. The smallest absolute Gasteiger partial charge is 0.182 e. The van der Waals surface area contributed by atoms with E-state index >= 15 is 0 Å². The van der Waals surface area contributed by atoms with Gasteiger partial charge in [-0.3, -0.25) is 0 Å². The lowest BCUT2D eigenvalue weighted by atomic mass is 10.0. The van der Waals surface area contributed by atoms with E-state index in [1.165, 1.54) is 0 Å². The third-order valence-corrected chi connectivity index (χ3v) is 2.50. The van der Waals surface area contributed by atoms with Gasteiger partial charge in [0.05, 0.1) is 19.8 Å². The molecule has 1 saturated heterocycles. The van der Waals surface area contributed by atoms with E-state index in [-0.39, 0.29) is 6.61 Å². The van der Waals surface area contributed by atoms with Gasteiger partial charge in [0.25, 0.3) is 0 Å². The first-order chi connectivity index (χ1) is 7.97. The van der Waals surface area contributed by atoms with Crippen molar-refractivity contribution in [3.63, 3.8) is 0 Å². The number of ether oxygens (including phenoxy) is 2. The third kappa shape index (κ3) is 3.71. The first-order valence-corrected chi connectivity index (χ1v) is 5.21. The van der Waals surface area contributed by atoms with Crippen molar-refractivity contribution in [2.45, 2.75) is 30.7 Å². The molecule has 0 amide bonds. The standard InChI is InChI=1S/C10H18O7/c1-5-3-16-10(5)17-4-7(13)9(15)8(14)6(12)2-11/h6-15H,1-4H2/t6-,7-,8-,9-,10?/m1/s1. The average Bonchev–Trinajstić information content (AvgIpc) is 2.33. The van der Waals surface area contributed by atoms with Gasteiger partial charge in [-0.2, -0.15) is 0 Å². The minimum atomic E-state index is -1.65. The summed E-state index contributed by atoms with van der Waals surface area (Å²) in [5.41, 5.74) is 0.725. The Morgan fingerprint density at radius 3 is 2.24 bits per heavy atom. The first kappa shape index (κ1) is 14.5. The maximum absolute atomic E-state index is 9.47. The molecule has 1 heterocycles. The molecule has 0 bridgehead atoms. The van der Waals surface area contributed by atoms with Crippen molar-refractivity contribution < 1.29 is 35.0 Å². The minimum Gasteiger partial charge on any atom is -0.394 e. The predicted octanol–water partition coefficient (Wildman–Crippen LogP) is -2.65. The second kappa shape index (κ2) is 6.41. The molecule has 7 heteroatoms. The topological polar surface area (TPSA) is 120 Å². The molecule has 0 spiro atoms. The first-order valence-electron chi connectivity index (χ1n) is 5.21. The predicted molar refractivity (Wildman–Crippen MR) is 55.9 cm³/mol. The largest absolute Gasteiger partial charge is 0.394 e. The van der Waals surface area contributed by atoms with Gasteiger partial charge in [-0.1, -0.05) is 6.58 Å². The lowest BCUT2D eigenvalue weighted by Crippen LogP contribution is -2.48. The summed E-state index contributed by atoms with van der Waals surface area (Å²) in [4.78, 5) is 0. The van der Waals surface area contributed by atoms with E-state index in [1.807, 2.05) is 0 Å². The van der Waals surface area contributed by atoms with Crippen molar-refractivity contribution in [2.24, 2.45) is 0 Å². The van der Waals surface area contributed by atoms with Crippen LogP contribution < -0.4 is 0 Å². The Balaban J connectivity index is 2.30. The van der Waals surface area contributed by atoms with E-state index in [1.54, 1.807) is 0 Å². The molecule has 7 nitrogen and oxygen atoms in total. The summed E-state index contributed by atoms with van der Waals surface area (Å²) in [6, 6.07) is 0. The zero-order chi connectivity index (χ0) is 13.0. The van der Waals surface area contributed by atoms with Crippen LogP contribution in [0.1, 0.15) is 0 Å². The SMILES string of the molecule is C=C1COC1OC[C@@H](O)[C@@H](O)[C@H](O)[C@H](O)CO. The third-order valence-electron chi connectivity index (χ3n) is 2.50. The van der Waals surface area contributed by atoms with Crippen LogP contribution in [0, 0.1) is 0 Å². The Morgan fingerprint density at radius 2 is 1.82 bits per heavy atom. The van der Waals surface area contributed by atoms with Crippen LogP contribution in [0.5, 0.6) is 0 Å². The van der Waals surface area contributed by atoms with E-state index in [2.05, 4.69) is 6.58 Å². The van der Waals surface area contributed by atoms with Gasteiger partial charge in [0, 0.05) is 5.57 Å². The number of hydrogen-bond acceptors (Lipinski definition) is 7. The van der Waals surface area contributed by atoms with Crippen molar-refractivity contribution >= 4 is 0 Å². The molecule has 17 heavy (non-hydrogen) atoms. The lowest BCUT2D eigenvalue weighted by Gasteiger charge is -2.31. The van der Waals surface area contributed by atoms with Crippen molar-refractivity contribution in [3.05, 3.63) is 12.2 Å². The van der Waals surface area contributed by atoms with Gasteiger partial charge in [0.1, 0.15) is 24.4 Å². The van der Waals surface area contributed by atoms with E-state index < -0.39 is 37.3 Å². The molecule has 0 aromatic carbocycles. The second-order valence-electron chi connectivity index (χ2n) is 3.93. The molecule has 5 N–H and O–H groups in total. The summed E-state index contributed by atoms with van der Waals surface area (Å²) < 4.78 is 9.99. The summed E-state index contributed by atoms with van der Waals surface area (Å²) in [5, 5.41) is 45.9. The Kier molecular flexibility index (Phi) is 5.47. The van der Waals surface area contributed by atoms with Gasteiger partial charge in [-0.25, -0.2) is 0 Å². The zero-order valence-electron chi connectivity index (χ0n) is 9.27. The molecule has 1 aliphatic heterocycles. The quantitative estimate of drug-likeness (QED) is 0.313. The highest BCUT2D eigenvalue weighted by molar-refractivity contribution is 5.06. The highest BCUT2D eigenvalue weighted by atomic mass is 16.7. The van der Waals surface area contributed by atoms with Crippen LogP contribution in [0.3, 0.4) is 0 Å². The summed E-state index contributed by atoms with van der Waals surface area (Å²) in [7, 11) is 0. The van der Waals surface area contributed by atoms with Crippen molar-refractivity contribution in [1.29, 1.82) is 0 Å². The molecule has 1 rings (SSSR count). The van der Waals surface area contributed by atoms with Crippen LogP contribution in [0.2, 0.25) is 0 Å². The summed E-state index contributed by atoms with van der Waals surface area (Å²) in [5.74, 6) is 0. The Hall–Kier alpha value is -0.540. The van der Waals surface area contributed by atoms with E-state index in [0.29, 0.717) is 6.61 Å². The van der Waals surface area contributed by atoms with Gasteiger partial charge in [-0.15, -0.1) is 0 Å². The minimum absolute atomic E-state index is 0.278. The zero-order valence-corrected chi connectivity index (χ0v) is 9.27. The maximum Gasteiger partial charge on any atom is 0.182 e. The normalized spacial score (nSPS) is 27.1. The number of aliphatic hydroxyl groups excluding tert-OH is 5. The Bertz CT molecular complexity index is 257. The molecule has 100 valence electrons. The fraction of sp³-hybridized carbons (Fsp3) is 0.800. The Morgan fingerprint density at radius 1 is 1.24 bits per heavy atom. The van der Waals surface area contributed by atoms with Crippen LogP contribution in [0.15, 0.2) is 12.2 Å². The molecule has 0 saturated carbocycles. The summed E-state index contributed by atoms with van der Waals surface area (Å²) in [6.07, 6.45) is -6.79. The van der Waals surface area contributed by atoms with Crippen molar-refractivity contribution in [2.75, 3.05) is 19.8 Å². The van der Waals surface area contributed by atoms with Crippen molar-refractivity contribution in [1.82, 2.24) is 0 Å². The average molecular weight is 250 g/mol. The van der Waals surface area contributed by atoms with Crippen LogP contribution in [-0.4, -0.2) is 76.1 Å². The van der Waals surface area contributed by atoms with Crippen LogP contribution >= 0.6 is 0 Å². The fourth-order valence-corrected chi connectivity index (χ4v) is 1.28. The fourth-order valence-electron chi connectivity index (χ4n) is 1.28. The van der Waals surface area contributed by atoms with Crippen LogP contribution in [-0.2, 0) is 9.47 Å². The van der Waals surface area contributed by atoms with Gasteiger partial charge in [-0.05, 0) is 0 Å². The second-order valence-corrected chi connectivity index (χ2v) is 3.93. The molecule has 0 aromatic rings. The molecule has 0 aliphatic carbocycles. The lowest BCUT2D eigenvalue weighted by molar-refractivity contribution is -0.195. The molecule has 1 unspecified atom stereocenters. The van der Waals surface area contributed by atoms with Crippen LogP contribution in [0.25, 0.3) is 0 Å². The number of aliphatic hydroxyl groups is 5. The number of hydrogen-bond donors (Lipinski definition) is 5. The van der Waals surface area contributed by atoms with E-state index in [0.717, 1.165) is 5.57 Å².